The Hall–Kier alpha value is -4.01. The SMILES string of the molecule is NC(=O)C1CC1.O=C(Nc1cc(C2=CCN(C(=O)c3ccc(F)cc3)CC2)c2cc[nH]c2n1)C1CC1. The summed E-state index contributed by atoms with van der Waals surface area (Å²) >= 11 is 0. The lowest BCUT2D eigenvalue weighted by atomic mass is 9.97. The molecule has 0 bridgehead atoms. The van der Waals surface area contributed by atoms with Gasteiger partial charge in [-0.3, -0.25) is 14.4 Å². The number of nitrogens with two attached hydrogens (primary N) is 1. The number of aromatic nitrogens is 2. The number of H-pyrrole nitrogens is 1. The molecule has 2 fully saturated rings. The molecule has 0 unspecified atom stereocenters. The second-order valence-corrected chi connectivity index (χ2v) is 9.47. The van der Waals surface area contributed by atoms with Crippen LogP contribution >= 0.6 is 0 Å². The Morgan fingerprint density at radius 1 is 1.06 bits per heavy atom. The molecule has 2 aliphatic carbocycles. The first-order valence-electron chi connectivity index (χ1n) is 12.2. The van der Waals surface area contributed by atoms with Crippen molar-refractivity contribution in [2.45, 2.75) is 32.1 Å². The van der Waals surface area contributed by atoms with Gasteiger partial charge in [0.15, 0.2) is 0 Å². The third-order valence-corrected chi connectivity index (χ3v) is 6.64. The quantitative estimate of drug-likeness (QED) is 0.504. The van der Waals surface area contributed by atoms with Crippen LogP contribution in [0.5, 0.6) is 0 Å². The predicted octanol–water partition coefficient (Wildman–Crippen LogP) is 3.86. The average Bonchev–Trinajstić information content (AvgIpc) is 3.81. The van der Waals surface area contributed by atoms with Crippen molar-refractivity contribution in [2.24, 2.45) is 17.6 Å². The third kappa shape index (κ3) is 5.45. The number of carbonyl (C=O) groups is 3. The zero-order valence-electron chi connectivity index (χ0n) is 19.8. The molecule has 9 heteroatoms. The van der Waals surface area contributed by atoms with Gasteiger partial charge in [-0.1, -0.05) is 6.08 Å². The van der Waals surface area contributed by atoms with Gasteiger partial charge in [-0.15, -0.1) is 0 Å². The first-order chi connectivity index (χ1) is 17.4. The average molecular weight is 490 g/mol. The summed E-state index contributed by atoms with van der Waals surface area (Å²) in [4.78, 5) is 44.2. The predicted molar refractivity (Wildman–Crippen MR) is 134 cm³/mol. The van der Waals surface area contributed by atoms with E-state index in [0.29, 0.717) is 30.9 Å². The van der Waals surface area contributed by atoms with Crippen molar-refractivity contribution in [3.63, 3.8) is 0 Å². The number of carbonyl (C=O) groups excluding carboxylic acids is 3. The van der Waals surface area contributed by atoms with Crippen molar-refractivity contribution in [2.75, 3.05) is 18.4 Å². The molecule has 3 aromatic rings. The van der Waals surface area contributed by atoms with Gasteiger partial charge in [0, 0.05) is 42.1 Å². The molecule has 0 saturated heterocycles. The fourth-order valence-corrected chi connectivity index (χ4v) is 4.18. The number of nitrogens with one attached hydrogen (secondary N) is 2. The van der Waals surface area contributed by atoms with E-state index in [1.807, 2.05) is 24.4 Å². The van der Waals surface area contributed by atoms with E-state index in [1.54, 1.807) is 4.90 Å². The lowest BCUT2D eigenvalue weighted by Gasteiger charge is -2.27. The number of aromatic amines is 1. The molecular weight excluding hydrogens is 461 g/mol. The number of pyridine rings is 1. The van der Waals surface area contributed by atoms with E-state index in [9.17, 15) is 18.8 Å². The van der Waals surface area contributed by atoms with Crippen LogP contribution in [0.15, 0.2) is 48.7 Å². The normalized spacial score (nSPS) is 17.1. The highest BCUT2D eigenvalue weighted by Gasteiger charge is 2.30. The topological polar surface area (TPSA) is 121 Å². The first kappa shape index (κ1) is 23.7. The fraction of sp³-hybridized carbons (Fsp3) is 0.333. The molecule has 36 heavy (non-hydrogen) atoms. The van der Waals surface area contributed by atoms with E-state index >= 15 is 0 Å². The molecule has 0 atom stereocenters. The number of hydrogen-bond acceptors (Lipinski definition) is 4. The van der Waals surface area contributed by atoms with Gasteiger partial charge in [0.25, 0.3) is 5.91 Å². The highest BCUT2D eigenvalue weighted by atomic mass is 19.1. The summed E-state index contributed by atoms with van der Waals surface area (Å²) < 4.78 is 13.1. The number of amides is 3. The summed E-state index contributed by atoms with van der Waals surface area (Å²) in [6, 6.07) is 9.52. The molecule has 0 radical (unpaired) electrons. The molecule has 3 aliphatic rings. The maximum Gasteiger partial charge on any atom is 0.254 e. The Morgan fingerprint density at radius 2 is 1.78 bits per heavy atom. The number of fused-ring (bicyclic) bond motifs is 1. The van der Waals surface area contributed by atoms with Gasteiger partial charge in [0.2, 0.25) is 11.8 Å². The van der Waals surface area contributed by atoms with Crippen molar-refractivity contribution < 1.29 is 18.8 Å². The Balaban J connectivity index is 0.000000391. The van der Waals surface area contributed by atoms with E-state index in [4.69, 9.17) is 5.73 Å². The zero-order chi connectivity index (χ0) is 25.2. The number of benzene rings is 1. The summed E-state index contributed by atoms with van der Waals surface area (Å²) in [7, 11) is 0. The van der Waals surface area contributed by atoms with E-state index in [-0.39, 0.29) is 35.4 Å². The van der Waals surface area contributed by atoms with Crippen molar-refractivity contribution in [1.82, 2.24) is 14.9 Å². The molecule has 8 nitrogen and oxygen atoms in total. The molecule has 2 aromatic heterocycles. The van der Waals surface area contributed by atoms with Crippen molar-refractivity contribution in [3.8, 4) is 0 Å². The Kier molecular flexibility index (Phi) is 6.54. The lowest BCUT2D eigenvalue weighted by Crippen LogP contribution is -2.34. The minimum absolute atomic E-state index is 0.0213. The summed E-state index contributed by atoms with van der Waals surface area (Å²) in [5, 5.41) is 3.92. The van der Waals surface area contributed by atoms with Gasteiger partial charge in [-0.05, 0) is 79.6 Å². The summed E-state index contributed by atoms with van der Waals surface area (Å²) in [6.07, 6.45) is 8.48. The number of rotatable bonds is 5. The second-order valence-electron chi connectivity index (χ2n) is 9.47. The van der Waals surface area contributed by atoms with Crippen LogP contribution in [0.2, 0.25) is 0 Å². The third-order valence-electron chi connectivity index (χ3n) is 6.64. The number of halogens is 1. The molecule has 6 rings (SSSR count). The van der Waals surface area contributed by atoms with E-state index in [2.05, 4.69) is 15.3 Å². The van der Waals surface area contributed by atoms with Gasteiger partial charge >= 0.3 is 0 Å². The smallest absolute Gasteiger partial charge is 0.254 e. The van der Waals surface area contributed by atoms with E-state index in [1.165, 1.54) is 24.3 Å². The maximum absolute atomic E-state index is 13.1. The minimum Gasteiger partial charge on any atom is -0.369 e. The molecule has 3 amide bonds. The van der Waals surface area contributed by atoms with Crippen LogP contribution in [0, 0.1) is 17.7 Å². The van der Waals surface area contributed by atoms with Crippen LogP contribution in [-0.4, -0.2) is 45.7 Å². The van der Waals surface area contributed by atoms with Gasteiger partial charge in [-0.2, -0.15) is 0 Å². The molecular formula is C27H28FN5O3. The lowest BCUT2D eigenvalue weighted by molar-refractivity contribution is -0.119. The molecule has 1 aromatic carbocycles. The van der Waals surface area contributed by atoms with Crippen LogP contribution < -0.4 is 11.1 Å². The standard InChI is InChI=1S/C23H21FN4O2.C4H7NO/c24-17-5-3-16(4-6-17)23(30)28-11-8-14(9-12-28)19-13-20(27-22(29)15-1-2-15)26-21-18(19)7-10-25-21;5-4(6)3-1-2-3/h3-8,10,13,15H,1-2,9,11-12H2,(H2,25,26,27,29);3H,1-2H2,(H2,5,6). The largest absolute Gasteiger partial charge is 0.369 e. The number of anilines is 1. The van der Waals surface area contributed by atoms with Crippen molar-refractivity contribution in [3.05, 3.63) is 65.6 Å². The molecule has 1 aliphatic heterocycles. The molecule has 186 valence electrons. The highest BCUT2D eigenvalue weighted by Crippen LogP contribution is 2.33. The fourth-order valence-electron chi connectivity index (χ4n) is 4.18. The summed E-state index contributed by atoms with van der Waals surface area (Å²) in [5.74, 6) is 0.319. The second kappa shape index (κ2) is 9.93. The minimum atomic E-state index is -0.356. The van der Waals surface area contributed by atoms with E-state index < -0.39 is 0 Å². The van der Waals surface area contributed by atoms with Gasteiger partial charge < -0.3 is 20.9 Å². The highest BCUT2D eigenvalue weighted by molar-refractivity contribution is 5.98. The van der Waals surface area contributed by atoms with Crippen LogP contribution in [0.25, 0.3) is 16.6 Å². The van der Waals surface area contributed by atoms with Crippen LogP contribution in [0.3, 0.4) is 0 Å². The monoisotopic (exact) mass is 489 g/mol. The zero-order valence-corrected chi connectivity index (χ0v) is 19.8. The van der Waals surface area contributed by atoms with Gasteiger partial charge in [-0.25, -0.2) is 9.37 Å². The molecule has 2 saturated carbocycles. The summed E-state index contributed by atoms with van der Waals surface area (Å²) in [6.45, 7) is 1.05. The molecule has 3 heterocycles. The number of primary amides is 1. The van der Waals surface area contributed by atoms with Crippen LogP contribution in [0.4, 0.5) is 10.2 Å². The molecule has 0 spiro atoms. The molecule has 4 N–H and O–H groups in total. The maximum atomic E-state index is 13.1. The van der Waals surface area contributed by atoms with Gasteiger partial charge in [0.05, 0.1) is 0 Å². The van der Waals surface area contributed by atoms with Crippen LogP contribution in [-0.2, 0) is 9.59 Å². The van der Waals surface area contributed by atoms with Crippen molar-refractivity contribution in [1.29, 1.82) is 0 Å². The van der Waals surface area contributed by atoms with Crippen LogP contribution in [0.1, 0.15) is 48.0 Å². The van der Waals surface area contributed by atoms with E-state index in [0.717, 1.165) is 47.9 Å². The number of nitrogens with zero attached hydrogens (tertiary/aromatic N) is 2. The first-order valence-corrected chi connectivity index (χ1v) is 12.2. The Morgan fingerprint density at radius 3 is 2.36 bits per heavy atom. The van der Waals surface area contributed by atoms with Gasteiger partial charge in [0.1, 0.15) is 17.3 Å². The number of hydrogen-bond donors (Lipinski definition) is 3. The Labute approximate surface area is 207 Å². The summed E-state index contributed by atoms with van der Waals surface area (Å²) in [5.41, 5.74) is 8.20. The van der Waals surface area contributed by atoms with Crippen molar-refractivity contribution >= 4 is 40.1 Å². The Bertz CT molecular complexity index is 1340.